The molecule has 11 atom stereocenters. The van der Waals surface area contributed by atoms with Crippen LogP contribution in [0.3, 0.4) is 0 Å². The molecule has 0 aromatic heterocycles. The summed E-state index contributed by atoms with van der Waals surface area (Å²) in [5.41, 5.74) is 0.521. The van der Waals surface area contributed by atoms with Crippen LogP contribution in [0.25, 0.3) is 0 Å². The summed E-state index contributed by atoms with van der Waals surface area (Å²) in [5, 5.41) is 10.2. The maximum absolute atomic E-state index is 11.1. The Balaban J connectivity index is 1.55. The second-order valence-electron chi connectivity index (χ2n) is 14.6. The molecule has 0 aromatic rings. The fourth-order valence-electron chi connectivity index (χ4n) is 10.7. The molecule has 1 saturated heterocycles. The first-order valence-electron chi connectivity index (χ1n) is 14.7. The second kappa shape index (κ2) is 8.83. The molecule has 5 rings (SSSR count). The van der Waals surface area contributed by atoms with Crippen LogP contribution in [-0.2, 0) is 14.2 Å². The summed E-state index contributed by atoms with van der Waals surface area (Å²) in [7, 11) is 3.62. The van der Waals surface area contributed by atoms with Gasteiger partial charge in [0, 0.05) is 31.0 Å². The summed E-state index contributed by atoms with van der Waals surface area (Å²) in [5.74, 6) is 1.86. The molecule has 37 heavy (non-hydrogen) atoms. The van der Waals surface area contributed by atoms with Gasteiger partial charge in [0.1, 0.15) is 5.60 Å². The standard InChI is InChI=1S/C32H52O4S/c1-20(2)18-22(34-8)19-21(3)23-12-14-29(7)24-13-15-31-25(10-11-26(33)27(31,4)5)30(24,17-16-28(23,29)6)32(37,35-9)36-31/h13,15,18,21-26,33,37H,10-12,14,16-17,19H2,1-9H3/t21-,22-,23?,24?,25?,26-,28-,29+,30?,31-,32?/m0/s1. The van der Waals surface area contributed by atoms with Gasteiger partial charge in [-0.1, -0.05) is 58.4 Å². The molecule has 1 N–H and O–H groups in total. The van der Waals surface area contributed by atoms with Crippen molar-refractivity contribution in [2.75, 3.05) is 14.2 Å². The van der Waals surface area contributed by atoms with Gasteiger partial charge in [-0.15, -0.1) is 12.6 Å². The lowest BCUT2D eigenvalue weighted by molar-refractivity contribution is -0.247. The van der Waals surface area contributed by atoms with E-state index >= 15 is 0 Å². The van der Waals surface area contributed by atoms with Crippen LogP contribution in [0.4, 0.5) is 0 Å². The summed E-state index contributed by atoms with van der Waals surface area (Å²) in [6, 6.07) is 0. The van der Waals surface area contributed by atoms with Crippen molar-refractivity contribution in [2.45, 2.75) is 116 Å². The molecule has 5 aliphatic rings. The van der Waals surface area contributed by atoms with Crippen molar-refractivity contribution in [1.29, 1.82) is 0 Å². The Morgan fingerprint density at radius 1 is 1.08 bits per heavy atom. The first-order chi connectivity index (χ1) is 17.2. The maximum Gasteiger partial charge on any atom is 0.222 e. The van der Waals surface area contributed by atoms with Crippen LogP contribution in [0.1, 0.15) is 93.4 Å². The second-order valence-corrected chi connectivity index (χ2v) is 15.2. The minimum atomic E-state index is -0.966. The zero-order chi connectivity index (χ0) is 27.2. The van der Waals surface area contributed by atoms with Crippen LogP contribution in [0, 0.1) is 45.3 Å². The van der Waals surface area contributed by atoms with E-state index in [0.29, 0.717) is 23.7 Å². The molecule has 5 heteroatoms. The van der Waals surface area contributed by atoms with Gasteiger partial charge in [-0.25, -0.2) is 0 Å². The Morgan fingerprint density at radius 2 is 1.78 bits per heavy atom. The lowest BCUT2D eigenvalue weighted by Crippen LogP contribution is -2.66. The number of thiol groups is 1. The highest BCUT2D eigenvalue weighted by Crippen LogP contribution is 2.81. The highest BCUT2D eigenvalue weighted by molar-refractivity contribution is 7.81. The molecule has 0 radical (unpaired) electrons. The first-order valence-corrected chi connectivity index (χ1v) is 15.2. The van der Waals surface area contributed by atoms with E-state index in [0.717, 1.165) is 32.1 Å². The predicted molar refractivity (Wildman–Crippen MR) is 152 cm³/mol. The molecule has 1 aliphatic heterocycles. The molecule has 210 valence electrons. The van der Waals surface area contributed by atoms with E-state index in [2.05, 4.69) is 66.7 Å². The van der Waals surface area contributed by atoms with Gasteiger partial charge in [0.2, 0.25) is 5.12 Å². The minimum absolute atomic E-state index is 0.131. The zero-order valence-electron chi connectivity index (χ0n) is 24.8. The van der Waals surface area contributed by atoms with Gasteiger partial charge in [-0.05, 0) is 87.4 Å². The molecule has 3 saturated carbocycles. The van der Waals surface area contributed by atoms with E-state index < -0.39 is 22.2 Å². The van der Waals surface area contributed by atoms with E-state index in [-0.39, 0.29) is 22.3 Å². The summed E-state index contributed by atoms with van der Waals surface area (Å²) >= 11 is 5.28. The number of hydrogen-bond donors (Lipinski definition) is 2. The van der Waals surface area contributed by atoms with E-state index in [4.69, 9.17) is 26.8 Å². The Labute approximate surface area is 231 Å². The average Bonchev–Trinajstić information content (AvgIpc) is 3.18. The van der Waals surface area contributed by atoms with Gasteiger partial charge < -0.3 is 19.3 Å². The number of methoxy groups -OCH3 is 2. The third kappa shape index (κ3) is 3.36. The summed E-state index contributed by atoms with van der Waals surface area (Å²) in [6.45, 7) is 16.3. The number of hydrogen-bond acceptors (Lipinski definition) is 5. The van der Waals surface area contributed by atoms with Crippen LogP contribution >= 0.6 is 12.6 Å². The van der Waals surface area contributed by atoms with Crippen LogP contribution in [0.15, 0.2) is 23.8 Å². The van der Waals surface area contributed by atoms with Crippen molar-refractivity contribution in [1.82, 2.24) is 0 Å². The molecule has 0 aromatic carbocycles. The maximum atomic E-state index is 11.1. The summed E-state index contributed by atoms with van der Waals surface area (Å²) in [6.07, 6.45) is 14.4. The highest BCUT2D eigenvalue weighted by Gasteiger charge is 2.82. The predicted octanol–water partition coefficient (Wildman–Crippen LogP) is 7.18. The molecule has 1 spiro atoms. The van der Waals surface area contributed by atoms with Gasteiger partial charge in [0.05, 0.1) is 12.2 Å². The van der Waals surface area contributed by atoms with Gasteiger partial charge in [-0.2, -0.15) is 0 Å². The molecule has 0 amide bonds. The Kier molecular flexibility index (Phi) is 6.73. The normalized spacial score (nSPS) is 51.1. The molecule has 2 bridgehead atoms. The number of fused-ring (bicyclic) bond motifs is 2. The Bertz CT molecular complexity index is 972. The number of rotatable bonds is 6. The number of aliphatic hydroxyl groups is 1. The first kappa shape index (κ1) is 28.2. The molecular formula is C32H52O4S. The number of allylic oxidation sites excluding steroid dienone is 2. The van der Waals surface area contributed by atoms with E-state index in [1.807, 2.05) is 7.11 Å². The fraction of sp³-hybridized carbons (Fsp3) is 0.875. The Morgan fingerprint density at radius 3 is 2.41 bits per heavy atom. The van der Waals surface area contributed by atoms with Gasteiger partial charge in [0.15, 0.2) is 0 Å². The quantitative estimate of drug-likeness (QED) is 0.216. The highest BCUT2D eigenvalue weighted by atomic mass is 32.1. The van der Waals surface area contributed by atoms with Gasteiger partial charge in [0.25, 0.3) is 0 Å². The van der Waals surface area contributed by atoms with Gasteiger partial charge in [-0.3, -0.25) is 0 Å². The van der Waals surface area contributed by atoms with Crippen molar-refractivity contribution in [2.24, 2.45) is 45.3 Å². The average molecular weight is 533 g/mol. The topological polar surface area (TPSA) is 47.9 Å². The number of ether oxygens (including phenoxy) is 3. The summed E-state index contributed by atoms with van der Waals surface area (Å²) < 4.78 is 19.2. The van der Waals surface area contributed by atoms with Crippen LogP contribution in [0.5, 0.6) is 0 Å². The number of aliphatic hydroxyl groups excluding tert-OH is 1. The third-order valence-corrected chi connectivity index (χ3v) is 13.6. The van der Waals surface area contributed by atoms with E-state index in [1.54, 1.807) is 7.11 Å². The van der Waals surface area contributed by atoms with Crippen LogP contribution < -0.4 is 0 Å². The van der Waals surface area contributed by atoms with Crippen molar-refractivity contribution >= 4 is 12.6 Å². The van der Waals surface area contributed by atoms with Crippen molar-refractivity contribution in [3.63, 3.8) is 0 Å². The van der Waals surface area contributed by atoms with Crippen molar-refractivity contribution < 1.29 is 19.3 Å². The molecule has 1 heterocycles. The molecule has 4 nitrogen and oxygen atoms in total. The lowest BCUT2D eigenvalue weighted by atomic mass is 9.38. The third-order valence-electron chi connectivity index (χ3n) is 12.9. The van der Waals surface area contributed by atoms with Crippen LogP contribution in [-0.4, -0.2) is 42.3 Å². The summed E-state index contributed by atoms with van der Waals surface area (Å²) in [4.78, 5) is 0. The molecule has 4 fully saturated rings. The largest absolute Gasteiger partial charge is 0.392 e. The van der Waals surface area contributed by atoms with Crippen molar-refractivity contribution in [3.05, 3.63) is 23.8 Å². The Hall–Kier alpha value is -0.330. The fourth-order valence-corrected chi connectivity index (χ4v) is 11.2. The van der Waals surface area contributed by atoms with E-state index in [9.17, 15) is 5.11 Å². The molecular weight excluding hydrogens is 480 g/mol. The van der Waals surface area contributed by atoms with Crippen LogP contribution in [0.2, 0.25) is 0 Å². The van der Waals surface area contributed by atoms with E-state index in [1.165, 1.54) is 18.4 Å². The molecule has 4 aliphatic carbocycles. The van der Waals surface area contributed by atoms with Crippen molar-refractivity contribution in [3.8, 4) is 0 Å². The zero-order valence-corrected chi connectivity index (χ0v) is 25.7. The molecule has 5 unspecified atom stereocenters. The SMILES string of the molecule is CO[C@@H](C=C(C)C)C[C@H](C)C1CC[C@]2(C)C3C=C[C@]45OC(S)(OC)C3(CC[C@@]12C)C4CC[C@H](O)C5(C)C. The smallest absolute Gasteiger partial charge is 0.222 e. The minimum Gasteiger partial charge on any atom is -0.392 e. The lowest BCUT2D eigenvalue weighted by Gasteiger charge is -2.66. The monoisotopic (exact) mass is 532 g/mol. The van der Waals surface area contributed by atoms with Gasteiger partial charge >= 0.3 is 0 Å².